The first kappa shape index (κ1) is 15.7. The minimum absolute atomic E-state index is 0. The maximum atomic E-state index is 11.5. The molecule has 0 bridgehead atoms. The van der Waals surface area contributed by atoms with Crippen LogP contribution < -0.4 is 0 Å². The van der Waals surface area contributed by atoms with Crippen LogP contribution in [0.2, 0.25) is 0 Å². The highest BCUT2D eigenvalue weighted by Crippen LogP contribution is 2.20. The van der Waals surface area contributed by atoms with E-state index >= 15 is 0 Å². The number of hydrogen-bond acceptors (Lipinski definition) is 3. The van der Waals surface area contributed by atoms with Crippen molar-refractivity contribution in [1.82, 2.24) is 4.90 Å². The van der Waals surface area contributed by atoms with Gasteiger partial charge in [0.15, 0.2) is 6.23 Å². The fraction of sp³-hybridized carbons (Fsp3) is 0.308. The SMILES string of the molecule is C=C(C)C(=O)OC(c1ccccc1)N(C)C.Cl. The topological polar surface area (TPSA) is 29.5 Å². The third kappa shape index (κ3) is 4.59. The monoisotopic (exact) mass is 255 g/mol. The summed E-state index contributed by atoms with van der Waals surface area (Å²) in [5.74, 6) is -0.373. The van der Waals surface area contributed by atoms with Crippen LogP contribution in [-0.2, 0) is 9.53 Å². The second-order valence-electron chi connectivity index (χ2n) is 3.91. The number of benzene rings is 1. The van der Waals surface area contributed by atoms with Crippen molar-refractivity contribution in [2.75, 3.05) is 14.1 Å². The predicted octanol–water partition coefficient (Wildman–Crippen LogP) is 2.79. The first-order valence-corrected chi connectivity index (χ1v) is 5.10. The Morgan fingerprint density at radius 2 is 1.82 bits per heavy atom. The molecule has 0 amide bonds. The Hall–Kier alpha value is -1.32. The molecule has 1 atom stereocenters. The van der Waals surface area contributed by atoms with Crippen LogP contribution in [0.5, 0.6) is 0 Å². The van der Waals surface area contributed by atoms with Crippen LogP contribution in [0.25, 0.3) is 0 Å². The molecule has 0 spiro atoms. The molecule has 0 radical (unpaired) electrons. The Labute approximate surface area is 108 Å². The number of nitrogens with zero attached hydrogens (tertiary/aromatic N) is 1. The smallest absolute Gasteiger partial charge is 0.334 e. The van der Waals surface area contributed by atoms with Gasteiger partial charge in [-0.2, -0.15) is 0 Å². The number of halogens is 1. The van der Waals surface area contributed by atoms with Gasteiger partial charge in [0.1, 0.15) is 0 Å². The molecule has 0 saturated heterocycles. The van der Waals surface area contributed by atoms with Crippen LogP contribution in [0.1, 0.15) is 18.7 Å². The Morgan fingerprint density at radius 1 is 1.29 bits per heavy atom. The number of carbonyl (C=O) groups is 1. The molecular formula is C13H18ClNO2. The van der Waals surface area contributed by atoms with E-state index in [-0.39, 0.29) is 24.6 Å². The quantitative estimate of drug-likeness (QED) is 0.471. The van der Waals surface area contributed by atoms with E-state index in [1.807, 2.05) is 49.3 Å². The van der Waals surface area contributed by atoms with Crippen LogP contribution in [0.3, 0.4) is 0 Å². The lowest BCUT2D eigenvalue weighted by molar-refractivity contribution is -0.152. The Bertz CT molecular complexity index is 376. The van der Waals surface area contributed by atoms with Crippen molar-refractivity contribution in [3.8, 4) is 0 Å². The first-order valence-electron chi connectivity index (χ1n) is 5.10. The molecule has 0 aliphatic rings. The summed E-state index contributed by atoms with van der Waals surface area (Å²) in [5.41, 5.74) is 1.35. The molecule has 0 aromatic heterocycles. The zero-order valence-corrected chi connectivity index (χ0v) is 11.2. The van der Waals surface area contributed by atoms with Crippen molar-refractivity contribution < 1.29 is 9.53 Å². The summed E-state index contributed by atoms with van der Waals surface area (Å²) < 4.78 is 5.35. The number of esters is 1. The van der Waals surface area contributed by atoms with Crippen molar-refractivity contribution in [2.24, 2.45) is 0 Å². The van der Waals surface area contributed by atoms with Crippen molar-refractivity contribution in [2.45, 2.75) is 13.2 Å². The first-order chi connectivity index (χ1) is 7.52. The van der Waals surface area contributed by atoms with Crippen molar-refractivity contribution >= 4 is 18.4 Å². The van der Waals surface area contributed by atoms with Crippen LogP contribution in [0.4, 0.5) is 0 Å². The summed E-state index contributed by atoms with van der Waals surface area (Å²) in [6.07, 6.45) is -0.370. The molecule has 3 nitrogen and oxygen atoms in total. The molecule has 1 aromatic rings. The third-order valence-corrected chi connectivity index (χ3v) is 2.12. The van der Waals surface area contributed by atoms with Gasteiger partial charge in [0.25, 0.3) is 0 Å². The molecule has 4 heteroatoms. The number of rotatable bonds is 4. The van der Waals surface area contributed by atoms with Gasteiger partial charge in [-0.3, -0.25) is 4.90 Å². The van der Waals surface area contributed by atoms with Gasteiger partial charge in [-0.15, -0.1) is 12.4 Å². The summed E-state index contributed by atoms with van der Waals surface area (Å²) in [6, 6.07) is 9.62. The third-order valence-electron chi connectivity index (χ3n) is 2.12. The van der Waals surface area contributed by atoms with Gasteiger partial charge in [0.05, 0.1) is 0 Å². The zero-order valence-electron chi connectivity index (χ0n) is 10.3. The second kappa shape index (κ2) is 7.09. The summed E-state index contributed by atoms with van der Waals surface area (Å²) in [7, 11) is 3.73. The summed E-state index contributed by atoms with van der Waals surface area (Å²) in [5, 5.41) is 0. The van der Waals surface area contributed by atoms with Gasteiger partial charge < -0.3 is 4.74 Å². The molecule has 0 saturated carbocycles. The lowest BCUT2D eigenvalue weighted by Crippen LogP contribution is -2.25. The Kier molecular flexibility index (Phi) is 6.54. The highest BCUT2D eigenvalue weighted by molar-refractivity contribution is 5.87. The maximum Gasteiger partial charge on any atom is 0.334 e. The largest absolute Gasteiger partial charge is 0.439 e. The van der Waals surface area contributed by atoms with Crippen LogP contribution in [0.15, 0.2) is 42.5 Å². The van der Waals surface area contributed by atoms with E-state index in [9.17, 15) is 4.79 Å². The molecule has 0 aliphatic heterocycles. The van der Waals surface area contributed by atoms with Gasteiger partial charge in [0, 0.05) is 11.1 Å². The Balaban J connectivity index is 0.00000256. The molecular weight excluding hydrogens is 238 g/mol. The van der Waals surface area contributed by atoms with Crippen LogP contribution in [-0.4, -0.2) is 25.0 Å². The second-order valence-corrected chi connectivity index (χ2v) is 3.91. The number of hydrogen-bond donors (Lipinski definition) is 0. The van der Waals surface area contributed by atoms with Gasteiger partial charge >= 0.3 is 5.97 Å². The molecule has 94 valence electrons. The number of carbonyl (C=O) groups excluding carboxylic acids is 1. The Morgan fingerprint density at radius 3 is 2.24 bits per heavy atom. The normalized spacial score (nSPS) is 11.5. The molecule has 1 rings (SSSR count). The predicted molar refractivity (Wildman–Crippen MR) is 71.0 cm³/mol. The standard InChI is InChI=1S/C13H17NO2.ClH/c1-10(2)13(15)16-12(14(3)4)11-8-6-5-7-9-11;/h5-9,12H,1H2,2-4H3;1H. The van der Waals surface area contributed by atoms with Gasteiger partial charge in [0.2, 0.25) is 0 Å². The van der Waals surface area contributed by atoms with E-state index in [1.54, 1.807) is 6.92 Å². The summed E-state index contributed by atoms with van der Waals surface area (Å²) >= 11 is 0. The fourth-order valence-electron chi connectivity index (χ4n) is 1.29. The zero-order chi connectivity index (χ0) is 12.1. The van der Waals surface area contributed by atoms with Crippen LogP contribution in [0, 0.1) is 0 Å². The van der Waals surface area contributed by atoms with Gasteiger partial charge in [-0.1, -0.05) is 36.9 Å². The van der Waals surface area contributed by atoms with Gasteiger partial charge in [-0.25, -0.2) is 4.79 Å². The molecule has 0 heterocycles. The number of ether oxygens (including phenoxy) is 1. The van der Waals surface area contributed by atoms with E-state index < -0.39 is 0 Å². The average Bonchev–Trinajstić information content (AvgIpc) is 2.26. The molecule has 0 aliphatic carbocycles. The maximum absolute atomic E-state index is 11.5. The molecule has 0 fully saturated rings. The van der Waals surface area contributed by atoms with E-state index in [2.05, 4.69) is 6.58 Å². The molecule has 0 N–H and O–H groups in total. The highest BCUT2D eigenvalue weighted by atomic mass is 35.5. The van der Waals surface area contributed by atoms with E-state index in [1.165, 1.54) is 0 Å². The lowest BCUT2D eigenvalue weighted by Gasteiger charge is -2.24. The lowest BCUT2D eigenvalue weighted by atomic mass is 10.2. The van der Waals surface area contributed by atoms with Crippen LogP contribution >= 0.6 is 12.4 Å². The van der Waals surface area contributed by atoms with E-state index in [0.29, 0.717) is 5.57 Å². The molecule has 1 aromatic carbocycles. The minimum Gasteiger partial charge on any atom is -0.439 e. The van der Waals surface area contributed by atoms with Gasteiger partial charge in [-0.05, 0) is 21.0 Å². The van der Waals surface area contributed by atoms with E-state index in [0.717, 1.165) is 5.56 Å². The average molecular weight is 256 g/mol. The molecule has 1 unspecified atom stereocenters. The van der Waals surface area contributed by atoms with Crippen molar-refractivity contribution in [3.63, 3.8) is 0 Å². The minimum atomic E-state index is -0.373. The van der Waals surface area contributed by atoms with Crippen molar-refractivity contribution in [1.29, 1.82) is 0 Å². The van der Waals surface area contributed by atoms with E-state index in [4.69, 9.17) is 4.74 Å². The summed E-state index contributed by atoms with van der Waals surface area (Å²) in [6.45, 7) is 5.21. The molecule has 17 heavy (non-hydrogen) atoms. The fourth-order valence-corrected chi connectivity index (χ4v) is 1.29. The van der Waals surface area contributed by atoms with Crippen molar-refractivity contribution in [3.05, 3.63) is 48.0 Å². The summed E-state index contributed by atoms with van der Waals surface area (Å²) in [4.78, 5) is 13.3. The highest BCUT2D eigenvalue weighted by Gasteiger charge is 2.18.